The van der Waals surface area contributed by atoms with E-state index in [1.807, 2.05) is 0 Å². The van der Waals surface area contributed by atoms with Gasteiger partial charge in [-0.25, -0.2) is 0 Å². The Bertz CT molecular complexity index is 237. The van der Waals surface area contributed by atoms with Crippen LogP contribution in [0.1, 0.15) is 0 Å². The molecule has 1 rings (SSSR count). The first-order valence-corrected chi connectivity index (χ1v) is 3.92. The monoisotopic (exact) mass is 186 g/mol. The zero-order valence-electron chi connectivity index (χ0n) is 6.27. The van der Waals surface area contributed by atoms with Crippen LogP contribution < -0.4 is 10.2 Å². The molecule has 0 spiro atoms. The van der Waals surface area contributed by atoms with Crippen LogP contribution in [0.3, 0.4) is 0 Å². The summed E-state index contributed by atoms with van der Waals surface area (Å²) >= 11 is 5.32. The molecule has 0 amide bonds. The number of benzene rings is 1. The third-order valence-electron chi connectivity index (χ3n) is 1.40. The van der Waals surface area contributed by atoms with Crippen LogP contribution in [0.15, 0.2) is 24.3 Å². The summed E-state index contributed by atoms with van der Waals surface area (Å²) in [5, 5.41) is 17.5. The summed E-state index contributed by atoms with van der Waals surface area (Å²) in [6, 6.07) is 6.45. The molecular weight excluding hydrogens is 178 g/mol. The zero-order chi connectivity index (χ0) is 8.97. The van der Waals surface area contributed by atoms with Crippen molar-refractivity contribution in [2.75, 3.05) is 6.07 Å². The molecule has 0 aliphatic carbocycles. The van der Waals surface area contributed by atoms with Gasteiger partial charge in [-0.3, -0.25) is 0 Å². The van der Waals surface area contributed by atoms with Crippen molar-refractivity contribution in [1.29, 1.82) is 0 Å². The predicted molar refractivity (Wildman–Crippen MR) is 47.6 cm³/mol. The van der Waals surface area contributed by atoms with E-state index in [1.165, 1.54) is 0 Å². The first kappa shape index (κ1) is 9.38. The number of ether oxygens (including phenoxy) is 1. The Morgan fingerprint density at radius 1 is 1.25 bits per heavy atom. The molecule has 2 N–H and O–H groups in total. The van der Waals surface area contributed by atoms with E-state index >= 15 is 0 Å². The van der Waals surface area contributed by atoms with Gasteiger partial charge in [0.15, 0.2) is 6.07 Å². The standard InChI is InChI=1S/C7H8BClO3/c9-5-12-7-3-1-6(2-4-7)8(10)11/h1-4,10-11H,5H2. The van der Waals surface area contributed by atoms with Crippen molar-refractivity contribution >= 4 is 24.2 Å². The second-order valence-electron chi connectivity index (χ2n) is 2.20. The smallest absolute Gasteiger partial charge is 0.478 e. The Morgan fingerprint density at radius 3 is 2.25 bits per heavy atom. The molecule has 1 aromatic rings. The third-order valence-corrected chi connectivity index (χ3v) is 1.51. The van der Waals surface area contributed by atoms with Crippen LogP contribution in [0, 0.1) is 0 Å². The van der Waals surface area contributed by atoms with Gasteiger partial charge in [0.1, 0.15) is 5.75 Å². The summed E-state index contributed by atoms with van der Waals surface area (Å²) < 4.78 is 4.94. The van der Waals surface area contributed by atoms with Gasteiger partial charge in [0.25, 0.3) is 0 Å². The van der Waals surface area contributed by atoms with Gasteiger partial charge in [0.05, 0.1) is 0 Å². The van der Waals surface area contributed by atoms with E-state index in [0.717, 1.165) is 0 Å². The Kier molecular flexibility index (Phi) is 3.40. The van der Waals surface area contributed by atoms with Crippen LogP contribution in [0.4, 0.5) is 0 Å². The highest BCUT2D eigenvalue weighted by atomic mass is 35.5. The number of alkyl halides is 1. The van der Waals surface area contributed by atoms with Crippen LogP contribution in [0.5, 0.6) is 5.75 Å². The largest absolute Gasteiger partial charge is 0.488 e. The molecule has 12 heavy (non-hydrogen) atoms. The van der Waals surface area contributed by atoms with E-state index in [1.54, 1.807) is 24.3 Å². The molecule has 64 valence electrons. The summed E-state index contributed by atoms with van der Waals surface area (Å²) in [6.45, 7) is 0. The summed E-state index contributed by atoms with van der Waals surface area (Å²) in [5.74, 6) is 0.606. The highest BCUT2D eigenvalue weighted by Gasteiger charge is 2.09. The van der Waals surface area contributed by atoms with Crippen molar-refractivity contribution in [2.45, 2.75) is 0 Å². The van der Waals surface area contributed by atoms with Crippen molar-refractivity contribution in [2.24, 2.45) is 0 Å². The molecule has 0 aliphatic heterocycles. The van der Waals surface area contributed by atoms with Gasteiger partial charge >= 0.3 is 7.12 Å². The van der Waals surface area contributed by atoms with Gasteiger partial charge in [-0.1, -0.05) is 23.7 Å². The minimum Gasteiger partial charge on any atom is -0.478 e. The Balaban J connectivity index is 2.71. The summed E-state index contributed by atoms with van der Waals surface area (Å²) in [6.07, 6.45) is 0. The lowest BCUT2D eigenvalue weighted by Gasteiger charge is -2.02. The zero-order valence-corrected chi connectivity index (χ0v) is 7.03. The predicted octanol–water partition coefficient (Wildman–Crippen LogP) is -0.0585. The highest BCUT2D eigenvalue weighted by molar-refractivity contribution is 6.58. The molecule has 0 unspecified atom stereocenters. The number of rotatable bonds is 3. The summed E-state index contributed by atoms with van der Waals surface area (Å²) in [4.78, 5) is 0. The lowest BCUT2D eigenvalue weighted by atomic mass is 9.80. The minimum absolute atomic E-state index is 0.0844. The molecule has 0 saturated heterocycles. The van der Waals surface area contributed by atoms with Crippen molar-refractivity contribution in [3.8, 4) is 5.75 Å². The maximum atomic E-state index is 8.73. The quantitative estimate of drug-likeness (QED) is 0.514. The highest BCUT2D eigenvalue weighted by Crippen LogP contribution is 2.07. The van der Waals surface area contributed by atoms with Gasteiger partial charge < -0.3 is 14.8 Å². The average molecular weight is 186 g/mol. The maximum absolute atomic E-state index is 8.73. The normalized spacial score (nSPS) is 9.58. The SMILES string of the molecule is OB(O)c1ccc(OCCl)cc1. The van der Waals surface area contributed by atoms with Gasteiger partial charge in [-0.2, -0.15) is 0 Å². The first-order chi connectivity index (χ1) is 5.74. The van der Waals surface area contributed by atoms with E-state index < -0.39 is 7.12 Å². The van der Waals surface area contributed by atoms with Gasteiger partial charge in [-0.15, -0.1) is 0 Å². The fraction of sp³-hybridized carbons (Fsp3) is 0.143. The first-order valence-electron chi connectivity index (χ1n) is 3.39. The van der Waals surface area contributed by atoms with Crippen LogP contribution in [0.2, 0.25) is 0 Å². The molecule has 0 aromatic heterocycles. The molecule has 0 atom stereocenters. The maximum Gasteiger partial charge on any atom is 0.488 e. The second kappa shape index (κ2) is 4.35. The molecule has 0 heterocycles. The number of hydrogen-bond donors (Lipinski definition) is 2. The van der Waals surface area contributed by atoms with Crippen LogP contribution in [-0.4, -0.2) is 23.2 Å². The fourth-order valence-corrected chi connectivity index (χ4v) is 0.925. The van der Waals surface area contributed by atoms with Crippen LogP contribution in [-0.2, 0) is 0 Å². The molecule has 5 heteroatoms. The minimum atomic E-state index is -1.44. The molecule has 0 saturated carbocycles. The van der Waals surface area contributed by atoms with Crippen molar-refractivity contribution < 1.29 is 14.8 Å². The lowest BCUT2D eigenvalue weighted by Crippen LogP contribution is -2.29. The van der Waals surface area contributed by atoms with Crippen molar-refractivity contribution in [3.63, 3.8) is 0 Å². The molecule has 0 aliphatic rings. The van der Waals surface area contributed by atoms with E-state index in [9.17, 15) is 0 Å². The van der Waals surface area contributed by atoms with Crippen LogP contribution >= 0.6 is 11.6 Å². The van der Waals surface area contributed by atoms with E-state index in [2.05, 4.69) is 0 Å². The van der Waals surface area contributed by atoms with Gasteiger partial charge in [0, 0.05) is 0 Å². The molecule has 0 fully saturated rings. The molecule has 1 aromatic carbocycles. The fourth-order valence-electron chi connectivity index (χ4n) is 0.799. The molecular formula is C7H8BClO3. The second-order valence-corrected chi connectivity index (χ2v) is 2.41. The molecule has 0 radical (unpaired) electrons. The average Bonchev–Trinajstić information content (AvgIpc) is 2.06. The summed E-state index contributed by atoms with van der Waals surface area (Å²) in [7, 11) is -1.44. The van der Waals surface area contributed by atoms with E-state index in [-0.39, 0.29) is 6.07 Å². The number of hydrogen-bond acceptors (Lipinski definition) is 3. The summed E-state index contributed by atoms with van der Waals surface area (Å²) in [5.41, 5.74) is 0.428. The van der Waals surface area contributed by atoms with Crippen molar-refractivity contribution in [3.05, 3.63) is 24.3 Å². The Morgan fingerprint density at radius 2 is 1.83 bits per heavy atom. The molecule has 0 bridgehead atoms. The Labute approximate surface area is 75.7 Å². The topological polar surface area (TPSA) is 49.7 Å². The number of halogens is 1. The Hall–Kier alpha value is -0.705. The molecule has 3 nitrogen and oxygen atoms in total. The van der Waals surface area contributed by atoms with Gasteiger partial charge in [-0.05, 0) is 17.6 Å². The van der Waals surface area contributed by atoms with Crippen LogP contribution in [0.25, 0.3) is 0 Å². The van der Waals surface area contributed by atoms with Crippen molar-refractivity contribution in [1.82, 2.24) is 0 Å². The third kappa shape index (κ3) is 2.41. The lowest BCUT2D eigenvalue weighted by molar-refractivity contribution is 0.388. The van der Waals surface area contributed by atoms with E-state index in [0.29, 0.717) is 11.2 Å². The van der Waals surface area contributed by atoms with Gasteiger partial charge in [0.2, 0.25) is 0 Å². The van der Waals surface area contributed by atoms with E-state index in [4.69, 9.17) is 26.4 Å².